The molecule has 7 heteroatoms. The first kappa shape index (κ1) is 20.3. The number of fused-ring (bicyclic) bond motifs is 1. The number of amides is 2. The maximum Gasteiger partial charge on any atom is 0.251 e. The van der Waals surface area contributed by atoms with Crippen molar-refractivity contribution in [2.45, 2.75) is 13.0 Å². The van der Waals surface area contributed by atoms with Crippen molar-refractivity contribution in [3.8, 4) is 11.5 Å². The third-order valence-corrected chi connectivity index (χ3v) is 4.63. The Morgan fingerprint density at radius 1 is 0.966 bits per heavy atom. The van der Waals surface area contributed by atoms with Gasteiger partial charge in [-0.1, -0.05) is 18.2 Å². The van der Waals surface area contributed by atoms with E-state index in [1.807, 2.05) is 12.1 Å². The molecule has 0 unspecified atom stereocenters. The molecule has 2 N–H and O–H groups in total. The van der Waals surface area contributed by atoms with Gasteiger partial charge in [-0.25, -0.2) is 0 Å². The molecule has 1 aromatic heterocycles. The van der Waals surface area contributed by atoms with E-state index in [0.717, 1.165) is 13.0 Å². The molecular weight excluding hydrogens is 370 g/mol. The van der Waals surface area contributed by atoms with Crippen LogP contribution < -0.4 is 20.1 Å². The van der Waals surface area contributed by atoms with Crippen LogP contribution in [-0.2, 0) is 11.3 Å². The Hall–Kier alpha value is -3.48. The number of aryl methyl sites for hydroxylation is 1. The van der Waals surface area contributed by atoms with Gasteiger partial charge in [0.15, 0.2) is 11.5 Å². The number of hydrogen-bond acceptors (Lipinski definition) is 4. The largest absolute Gasteiger partial charge is 0.493 e. The van der Waals surface area contributed by atoms with Gasteiger partial charge < -0.3 is 24.7 Å². The van der Waals surface area contributed by atoms with Crippen LogP contribution in [0.4, 0.5) is 0 Å². The number of benzene rings is 2. The average molecular weight is 395 g/mol. The fourth-order valence-corrected chi connectivity index (χ4v) is 3.12. The van der Waals surface area contributed by atoms with Gasteiger partial charge in [0.2, 0.25) is 5.91 Å². The first-order valence-corrected chi connectivity index (χ1v) is 9.43. The van der Waals surface area contributed by atoms with Crippen molar-refractivity contribution in [3.63, 3.8) is 0 Å². The summed E-state index contributed by atoms with van der Waals surface area (Å²) < 4.78 is 12.5. The van der Waals surface area contributed by atoms with Gasteiger partial charge in [0, 0.05) is 30.4 Å². The fourth-order valence-electron chi connectivity index (χ4n) is 3.12. The summed E-state index contributed by atoms with van der Waals surface area (Å²) in [6.07, 6.45) is 2.85. The van der Waals surface area contributed by atoms with Crippen LogP contribution in [0.25, 0.3) is 10.9 Å². The van der Waals surface area contributed by atoms with Crippen molar-refractivity contribution >= 4 is 22.7 Å². The van der Waals surface area contributed by atoms with Gasteiger partial charge in [-0.2, -0.15) is 0 Å². The van der Waals surface area contributed by atoms with Gasteiger partial charge in [-0.05, 0) is 42.1 Å². The highest BCUT2D eigenvalue weighted by atomic mass is 16.5. The van der Waals surface area contributed by atoms with Crippen molar-refractivity contribution in [1.82, 2.24) is 15.2 Å². The van der Waals surface area contributed by atoms with Crippen LogP contribution in [0.2, 0.25) is 0 Å². The second-order valence-electron chi connectivity index (χ2n) is 6.52. The van der Waals surface area contributed by atoms with E-state index in [1.54, 1.807) is 18.2 Å². The van der Waals surface area contributed by atoms with Crippen LogP contribution in [0.15, 0.2) is 54.7 Å². The smallest absolute Gasteiger partial charge is 0.251 e. The lowest BCUT2D eigenvalue weighted by molar-refractivity contribution is -0.120. The Morgan fingerprint density at radius 2 is 1.76 bits per heavy atom. The van der Waals surface area contributed by atoms with Gasteiger partial charge in [0.1, 0.15) is 0 Å². The van der Waals surface area contributed by atoms with Crippen LogP contribution in [-0.4, -0.2) is 43.7 Å². The molecule has 0 aliphatic rings. The molecule has 0 aliphatic heterocycles. The third kappa shape index (κ3) is 5.07. The van der Waals surface area contributed by atoms with Gasteiger partial charge in [-0.15, -0.1) is 0 Å². The van der Waals surface area contributed by atoms with Gasteiger partial charge >= 0.3 is 0 Å². The predicted octanol–water partition coefficient (Wildman–Crippen LogP) is 2.59. The van der Waals surface area contributed by atoms with Crippen LogP contribution in [0.1, 0.15) is 16.8 Å². The lowest BCUT2D eigenvalue weighted by atomic mass is 10.2. The Bertz CT molecular complexity index is 997. The van der Waals surface area contributed by atoms with Gasteiger partial charge in [-0.3, -0.25) is 9.59 Å². The number of hydrogen-bond donors (Lipinski definition) is 2. The first-order chi connectivity index (χ1) is 14.1. The molecule has 0 saturated carbocycles. The van der Waals surface area contributed by atoms with Crippen molar-refractivity contribution in [1.29, 1.82) is 0 Å². The highest BCUT2D eigenvalue weighted by Crippen LogP contribution is 2.27. The molecule has 7 nitrogen and oxygen atoms in total. The average Bonchev–Trinajstić information content (AvgIpc) is 3.17. The standard InChI is InChI=1S/C22H25N3O4/c1-28-19-9-8-17(14-20(19)29-2)22(27)24-15-21(26)23-11-5-12-25-13-10-16-6-3-4-7-18(16)25/h3-4,6-10,13-14H,5,11-12,15H2,1-2H3,(H,23,26)(H,24,27). The zero-order valence-electron chi connectivity index (χ0n) is 16.6. The quantitative estimate of drug-likeness (QED) is 0.546. The normalized spacial score (nSPS) is 10.6. The van der Waals surface area contributed by atoms with E-state index in [4.69, 9.17) is 9.47 Å². The SMILES string of the molecule is COc1ccc(C(=O)NCC(=O)NCCCn2ccc3ccccc32)cc1OC. The minimum atomic E-state index is -0.347. The summed E-state index contributed by atoms with van der Waals surface area (Å²) in [4.78, 5) is 24.2. The van der Waals surface area contributed by atoms with Crippen LogP contribution >= 0.6 is 0 Å². The molecule has 29 heavy (non-hydrogen) atoms. The molecule has 0 bridgehead atoms. The number of nitrogens with zero attached hydrogens (tertiary/aromatic N) is 1. The lowest BCUT2D eigenvalue weighted by Gasteiger charge is -2.10. The van der Waals surface area contributed by atoms with Crippen molar-refractivity contribution in [3.05, 3.63) is 60.3 Å². The Kier molecular flexibility index (Phi) is 6.73. The molecule has 0 radical (unpaired) electrons. The maximum atomic E-state index is 12.2. The van der Waals surface area contributed by atoms with E-state index in [9.17, 15) is 9.59 Å². The zero-order valence-corrected chi connectivity index (χ0v) is 16.6. The maximum absolute atomic E-state index is 12.2. The number of carbonyl (C=O) groups excluding carboxylic acids is 2. The first-order valence-electron chi connectivity index (χ1n) is 9.43. The Balaban J connectivity index is 1.41. The summed E-state index contributed by atoms with van der Waals surface area (Å²) in [5.41, 5.74) is 1.58. The van der Waals surface area contributed by atoms with Gasteiger partial charge in [0.25, 0.3) is 5.91 Å². The summed E-state index contributed by atoms with van der Waals surface area (Å²) in [7, 11) is 3.03. The molecule has 0 atom stereocenters. The van der Waals surface area contributed by atoms with E-state index in [2.05, 4.69) is 39.6 Å². The van der Waals surface area contributed by atoms with Crippen molar-refractivity contribution < 1.29 is 19.1 Å². The van der Waals surface area contributed by atoms with E-state index in [-0.39, 0.29) is 18.4 Å². The number of nitrogens with one attached hydrogen (secondary N) is 2. The van der Waals surface area contributed by atoms with Gasteiger partial charge in [0.05, 0.1) is 20.8 Å². The highest BCUT2D eigenvalue weighted by molar-refractivity contribution is 5.97. The Morgan fingerprint density at radius 3 is 2.55 bits per heavy atom. The molecule has 2 amide bonds. The second kappa shape index (κ2) is 9.64. The molecule has 0 fully saturated rings. The summed E-state index contributed by atoms with van der Waals surface area (Å²) in [6, 6.07) is 15.1. The number of carbonyl (C=O) groups is 2. The summed E-state index contributed by atoms with van der Waals surface area (Å²) in [5, 5.41) is 6.65. The number of methoxy groups -OCH3 is 2. The number of para-hydroxylation sites is 1. The predicted molar refractivity (Wildman–Crippen MR) is 111 cm³/mol. The van der Waals surface area contributed by atoms with Crippen LogP contribution in [0, 0.1) is 0 Å². The number of aromatic nitrogens is 1. The second-order valence-corrected chi connectivity index (χ2v) is 6.52. The summed E-state index contributed by atoms with van der Waals surface area (Å²) in [6.45, 7) is 1.27. The fraction of sp³-hybridized carbons (Fsp3) is 0.273. The van der Waals surface area contributed by atoms with Crippen molar-refractivity contribution in [2.75, 3.05) is 27.3 Å². The molecule has 0 spiro atoms. The van der Waals surface area contributed by atoms with E-state index < -0.39 is 0 Å². The molecule has 3 aromatic rings. The van der Waals surface area contributed by atoms with Crippen LogP contribution in [0.3, 0.4) is 0 Å². The number of rotatable bonds is 9. The Labute approximate surface area is 169 Å². The third-order valence-electron chi connectivity index (χ3n) is 4.63. The van der Waals surface area contributed by atoms with Crippen LogP contribution in [0.5, 0.6) is 11.5 Å². The van der Waals surface area contributed by atoms with E-state index in [0.29, 0.717) is 23.6 Å². The molecule has 0 aliphatic carbocycles. The minimum absolute atomic E-state index is 0.0837. The van der Waals surface area contributed by atoms with Crippen molar-refractivity contribution in [2.24, 2.45) is 0 Å². The lowest BCUT2D eigenvalue weighted by Crippen LogP contribution is -2.37. The van der Waals surface area contributed by atoms with E-state index >= 15 is 0 Å². The monoisotopic (exact) mass is 395 g/mol. The summed E-state index contributed by atoms with van der Waals surface area (Å²) >= 11 is 0. The molecule has 1 heterocycles. The number of ether oxygens (including phenoxy) is 2. The molecule has 3 rings (SSSR count). The minimum Gasteiger partial charge on any atom is -0.493 e. The highest BCUT2D eigenvalue weighted by Gasteiger charge is 2.11. The molecule has 2 aromatic carbocycles. The topological polar surface area (TPSA) is 81.6 Å². The molecule has 0 saturated heterocycles. The summed E-state index contributed by atoms with van der Waals surface area (Å²) in [5.74, 6) is 0.426. The van der Waals surface area contributed by atoms with E-state index in [1.165, 1.54) is 25.1 Å². The molecule has 152 valence electrons. The zero-order chi connectivity index (χ0) is 20.6. The molecular formula is C22H25N3O4.